The van der Waals surface area contributed by atoms with Gasteiger partial charge >= 0.3 is 0 Å². The van der Waals surface area contributed by atoms with E-state index in [1.165, 1.54) is 5.56 Å². The molecule has 0 radical (unpaired) electrons. The van der Waals surface area contributed by atoms with Gasteiger partial charge in [-0.2, -0.15) is 5.10 Å². The number of methoxy groups -OCH3 is 1. The first-order valence-electron chi connectivity index (χ1n) is 6.47. The fraction of sp³-hybridized carbons (Fsp3) is 0.769. The predicted molar refractivity (Wildman–Crippen MR) is 69.4 cm³/mol. The molecule has 2 rings (SSSR count). The molecule has 5 heteroatoms. The van der Waals surface area contributed by atoms with Gasteiger partial charge in [0.05, 0.1) is 31.6 Å². The summed E-state index contributed by atoms with van der Waals surface area (Å²) < 4.78 is 12.6. The molecular weight excluding hydrogens is 230 g/mol. The van der Waals surface area contributed by atoms with Crippen LogP contribution in [-0.4, -0.2) is 41.7 Å². The third-order valence-corrected chi connectivity index (χ3v) is 3.22. The predicted octanol–water partition coefficient (Wildman–Crippen LogP) is 1.19. The topological polar surface area (TPSA) is 48.3 Å². The van der Waals surface area contributed by atoms with Crippen LogP contribution in [-0.2, 0) is 22.6 Å². The number of aromatic nitrogens is 2. The first-order chi connectivity index (χ1) is 8.59. The van der Waals surface area contributed by atoms with E-state index >= 15 is 0 Å². The molecule has 1 aromatic heterocycles. The van der Waals surface area contributed by atoms with E-state index in [0.29, 0.717) is 12.6 Å². The SMILES string of the molecule is COCCn1cc(CNC2COC(C)(C)C2)cn1. The van der Waals surface area contributed by atoms with Crippen LogP contribution in [0.2, 0.25) is 0 Å². The fourth-order valence-electron chi connectivity index (χ4n) is 2.24. The summed E-state index contributed by atoms with van der Waals surface area (Å²) in [6, 6.07) is 0.447. The molecule has 0 bridgehead atoms. The minimum atomic E-state index is 0.0142. The van der Waals surface area contributed by atoms with Gasteiger partial charge in [0.1, 0.15) is 0 Å². The minimum absolute atomic E-state index is 0.0142. The normalized spacial score (nSPS) is 22.5. The Hall–Kier alpha value is -0.910. The van der Waals surface area contributed by atoms with Crippen LogP contribution in [0.25, 0.3) is 0 Å². The first kappa shape index (κ1) is 13.5. The van der Waals surface area contributed by atoms with Crippen LogP contribution in [0.5, 0.6) is 0 Å². The molecule has 0 aromatic carbocycles. The van der Waals surface area contributed by atoms with Crippen LogP contribution in [0.3, 0.4) is 0 Å². The van der Waals surface area contributed by atoms with Crippen molar-refractivity contribution in [2.45, 2.75) is 45.0 Å². The van der Waals surface area contributed by atoms with Gasteiger partial charge in [0, 0.05) is 31.5 Å². The smallest absolute Gasteiger partial charge is 0.0658 e. The highest BCUT2D eigenvalue weighted by Crippen LogP contribution is 2.24. The molecule has 102 valence electrons. The number of nitrogens with zero attached hydrogens (tertiary/aromatic N) is 2. The van der Waals surface area contributed by atoms with Gasteiger partial charge in [-0.1, -0.05) is 0 Å². The highest BCUT2D eigenvalue weighted by atomic mass is 16.5. The van der Waals surface area contributed by atoms with Gasteiger partial charge < -0.3 is 14.8 Å². The van der Waals surface area contributed by atoms with Crippen LogP contribution < -0.4 is 5.32 Å². The largest absolute Gasteiger partial charge is 0.383 e. The van der Waals surface area contributed by atoms with Crippen molar-refractivity contribution < 1.29 is 9.47 Å². The molecule has 1 atom stereocenters. The van der Waals surface area contributed by atoms with Crippen molar-refractivity contribution >= 4 is 0 Å². The molecule has 1 saturated heterocycles. The summed E-state index contributed by atoms with van der Waals surface area (Å²) in [6.07, 6.45) is 5.03. The van der Waals surface area contributed by atoms with Crippen LogP contribution in [0.4, 0.5) is 0 Å². The lowest BCUT2D eigenvalue weighted by molar-refractivity contribution is 0.0357. The van der Waals surface area contributed by atoms with Crippen molar-refractivity contribution in [3.05, 3.63) is 18.0 Å². The standard InChI is InChI=1S/C13H23N3O2/c1-13(2)6-12(10-18-13)14-7-11-8-15-16(9-11)4-5-17-3/h8-9,12,14H,4-7,10H2,1-3H3. The molecule has 5 nitrogen and oxygen atoms in total. The van der Waals surface area contributed by atoms with E-state index in [0.717, 1.165) is 26.1 Å². The Morgan fingerprint density at radius 3 is 3.11 bits per heavy atom. The molecule has 1 aliphatic heterocycles. The molecule has 1 aromatic rings. The molecule has 0 aliphatic carbocycles. The Kier molecular flexibility index (Phi) is 4.37. The minimum Gasteiger partial charge on any atom is -0.383 e. The molecule has 1 aliphatic rings. The maximum absolute atomic E-state index is 5.70. The Balaban J connectivity index is 1.75. The third-order valence-electron chi connectivity index (χ3n) is 3.22. The van der Waals surface area contributed by atoms with Crippen LogP contribution in [0, 0.1) is 0 Å². The van der Waals surface area contributed by atoms with E-state index in [2.05, 4.69) is 30.5 Å². The molecular formula is C13H23N3O2. The molecule has 1 fully saturated rings. The lowest BCUT2D eigenvalue weighted by Gasteiger charge is -2.15. The Morgan fingerprint density at radius 2 is 2.44 bits per heavy atom. The zero-order valence-corrected chi connectivity index (χ0v) is 11.5. The highest BCUT2D eigenvalue weighted by molar-refractivity contribution is 5.04. The number of hydrogen-bond donors (Lipinski definition) is 1. The zero-order chi connectivity index (χ0) is 13.0. The van der Waals surface area contributed by atoms with Gasteiger partial charge in [-0.3, -0.25) is 4.68 Å². The van der Waals surface area contributed by atoms with E-state index in [4.69, 9.17) is 9.47 Å². The number of rotatable bonds is 6. The van der Waals surface area contributed by atoms with Gasteiger partial charge in [-0.05, 0) is 20.3 Å². The maximum atomic E-state index is 5.70. The molecule has 2 heterocycles. The molecule has 1 N–H and O–H groups in total. The van der Waals surface area contributed by atoms with Crippen LogP contribution in [0.15, 0.2) is 12.4 Å². The number of nitrogens with one attached hydrogen (secondary N) is 1. The van der Waals surface area contributed by atoms with Crippen molar-refractivity contribution in [2.75, 3.05) is 20.3 Å². The number of hydrogen-bond acceptors (Lipinski definition) is 4. The van der Waals surface area contributed by atoms with Crippen molar-refractivity contribution in [3.8, 4) is 0 Å². The highest BCUT2D eigenvalue weighted by Gasteiger charge is 2.31. The second kappa shape index (κ2) is 5.82. The van der Waals surface area contributed by atoms with Gasteiger partial charge in [0.2, 0.25) is 0 Å². The summed E-state index contributed by atoms with van der Waals surface area (Å²) in [4.78, 5) is 0. The third kappa shape index (κ3) is 3.80. The van der Waals surface area contributed by atoms with Crippen LogP contribution in [0.1, 0.15) is 25.8 Å². The fourth-order valence-corrected chi connectivity index (χ4v) is 2.24. The van der Waals surface area contributed by atoms with E-state index in [1.54, 1.807) is 7.11 Å². The van der Waals surface area contributed by atoms with Crippen molar-refractivity contribution in [1.29, 1.82) is 0 Å². The Bertz CT molecular complexity index is 376. The quantitative estimate of drug-likeness (QED) is 0.827. The van der Waals surface area contributed by atoms with Crippen LogP contribution >= 0.6 is 0 Å². The molecule has 0 spiro atoms. The second-order valence-corrected chi connectivity index (χ2v) is 5.46. The zero-order valence-electron chi connectivity index (χ0n) is 11.5. The van der Waals surface area contributed by atoms with Gasteiger partial charge in [-0.25, -0.2) is 0 Å². The molecule has 1 unspecified atom stereocenters. The van der Waals surface area contributed by atoms with E-state index in [9.17, 15) is 0 Å². The average Bonchev–Trinajstić information content (AvgIpc) is 2.90. The summed E-state index contributed by atoms with van der Waals surface area (Å²) in [5, 5.41) is 7.81. The number of ether oxygens (including phenoxy) is 2. The lowest BCUT2D eigenvalue weighted by atomic mass is 10.0. The van der Waals surface area contributed by atoms with E-state index in [-0.39, 0.29) is 5.60 Å². The van der Waals surface area contributed by atoms with Gasteiger partial charge in [0.25, 0.3) is 0 Å². The first-order valence-corrected chi connectivity index (χ1v) is 6.47. The Labute approximate surface area is 108 Å². The van der Waals surface area contributed by atoms with Crippen molar-refractivity contribution in [1.82, 2.24) is 15.1 Å². The van der Waals surface area contributed by atoms with Gasteiger partial charge in [-0.15, -0.1) is 0 Å². The Morgan fingerprint density at radius 1 is 1.61 bits per heavy atom. The summed E-state index contributed by atoms with van der Waals surface area (Å²) in [5.74, 6) is 0. The summed E-state index contributed by atoms with van der Waals surface area (Å²) in [7, 11) is 1.70. The maximum Gasteiger partial charge on any atom is 0.0658 e. The summed E-state index contributed by atoms with van der Waals surface area (Å²) in [5.41, 5.74) is 1.22. The second-order valence-electron chi connectivity index (χ2n) is 5.46. The summed E-state index contributed by atoms with van der Waals surface area (Å²) in [6.45, 7) is 7.41. The molecule has 0 amide bonds. The molecule has 0 saturated carbocycles. The summed E-state index contributed by atoms with van der Waals surface area (Å²) >= 11 is 0. The van der Waals surface area contributed by atoms with Crippen molar-refractivity contribution in [2.24, 2.45) is 0 Å². The monoisotopic (exact) mass is 253 g/mol. The van der Waals surface area contributed by atoms with E-state index in [1.807, 2.05) is 10.9 Å². The van der Waals surface area contributed by atoms with Crippen molar-refractivity contribution in [3.63, 3.8) is 0 Å². The average molecular weight is 253 g/mol. The lowest BCUT2D eigenvalue weighted by Crippen LogP contribution is -2.29. The molecule has 18 heavy (non-hydrogen) atoms. The van der Waals surface area contributed by atoms with Gasteiger partial charge in [0.15, 0.2) is 0 Å². The van der Waals surface area contributed by atoms with E-state index < -0.39 is 0 Å².